The second kappa shape index (κ2) is 52.0. The van der Waals surface area contributed by atoms with Gasteiger partial charge in [-0.05, 0) is 62.1 Å². The van der Waals surface area contributed by atoms with E-state index in [0.29, 0.717) is 142 Å². The van der Waals surface area contributed by atoms with E-state index in [-0.39, 0.29) is 99.9 Å². The molecule has 0 radical (unpaired) electrons. The summed E-state index contributed by atoms with van der Waals surface area (Å²) < 4.78 is 33.5. The number of aliphatic hydroxyl groups excluding tert-OH is 1. The number of carboxylic acids is 2. The summed E-state index contributed by atoms with van der Waals surface area (Å²) in [7, 11) is 0. The minimum Gasteiger partial charge on any atom is -0.481 e. The van der Waals surface area contributed by atoms with Crippen molar-refractivity contribution < 1.29 is 96.5 Å². The third-order valence-corrected chi connectivity index (χ3v) is 19.5. The van der Waals surface area contributed by atoms with Crippen LogP contribution in [0, 0.1) is 5.92 Å². The fraction of sp³-hybridized carbons (Fsp3) is 0.686. The van der Waals surface area contributed by atoms with Crippen LogP contribution in [0.2, 0.25) is 0 Å². The molecule has 0 saturated carbocycles. The molecule has 2 saturated heterocycles. The number of carboxylic acid groups (broad SMARTS) is 2. The average molecular weight is 1530 g/mol. The van der Waals surface area contributed by atoms with Crippen LogP contribution in [0.15, 0.2) is 48.8 Å². The summed E-state index contributed by atoms with van der Waals surface area (Å²) in [4.78, 5) is 159. The fourth-order valence-electron chi connectivity index (χ4n) is 11.7. The molecule has 0 spiro atoms. The first-order valence-electron chi connectivity index (χ1n) is 36.5. The van der Waals surface area contributed by atoms with E-state index in [1.54, 1.807) is 42.7 Å². The van der Waals surface area contributed by atoms with Crippen molar-refractivity contribution in [2.45, 2.75) is 150 Å². The first-order chi connectivity index (χ1) is 51.2. The van der Waals surface area contributed by atoms with Crippen LogP contribution in [0.4, 0.5) is 0 Å². The van der Waals surface area contributed by atoms with Crippen LogP contribution in [-0.2, 0) is 99.1 Å². The van der Waals surface area contributed by atoms with E-state index in [2.05, 4.69) is 52.8 Å². The largest absolute Gasteiger partial charge is 0.481 e. The highest BCUT2D eigenvalue weighted by molar-refractivity contribution is 7.98. The van der Waals surface area contributed by atoms with E-state index in [1.165, 1.54) is 40.2 Å². The van der Waals surface area contributed by atoms with Gasteiger partial charge >= 0.3 is 11.9 Å². The quantitative estimate of drug-likeness (QED) is 0.0306. The molecule has 36 heteroatoms. The molecule has 3 aliphatic heterocycles. The minimum absolute atomic E-state index is 0.000653. The summed E-state index contributed by atoms with van der Waals surface area (Å²) in [5.41, 5.74) is 13.1. The van der Waals surface area contributed by atoms with Crippen LogP contribution in [0.5, 0.6) is 0 Å². The summed E-state index contributed by atoms with van der Waals surface area (Å²) in [6, 6.07) is -0.582. The van der Waals surface area contributed by atoms with Gasteiger partial charge < -0.3 is 113 Å². The molecule has 3 aliphatic rings. The number of carbonyl (C=O) groups is 11. The molecule has 34 nitrogen and oxygen atoms in total. The second-order valence-electron chi connectivity index (χ2n) is 25.7. The van der Waals surface area contributed by atoms with Gasteiger partial charge in [0.2, 0.25) is 53.2 Å². The van der Waals surface area contributed by atoms with E-state index in [0.717, 1.165) is 5.56 Å². The van der Waals surface area contributed by atoms with Crippen LogP contribution in [0.25, 0.3) is 0 Å². The van der Waals surface area contributed by atoms with Crippen molar-refractivity contribution in [1.29, 1.82) is 0 Å². The lowest BCUT2D eigenvalue weighted by Crippen LogP contribution is -2.61. The number of aliphatic hydroxyl groups is 1. The van der Waals surface area contributed by atoms with Gasteiger partial charge in [0.25, 0.3) is 0 Å². The number of ether oxygens (including phenoxy) is 6. The lowest BCUT2D eigenvalue weighted by atomic mass is 10.0. The summed E-state index contributed by atoms with van der Waals surface area (Å²) in [5, 5.41) is 56.0. The van der Waals surface area contributed by atoms with Gasteiger partial charge in [0, 0.05) is 114 Å². The van der Waals surface area contributed by atoms with Gasteiger partial charge in [-0.2, -0.15) is 23.5 Å². The number of fused-ring (bicyclic) bond motifs is 4. The van der Waals surface area contributed by atoms with Gasteiger partial charge in [-0.1, -0.05) is 56.2 Å². The number of nitrogens with one attached hydrogen (secondary N) is 9. The number of carbonyl (C=O) groups excluding carboxylic acids is 9. The minimum atomic E-state index is -1.76. The van der Waals surface area contributed by atoms with Gasteiger partial charge in [-0.3, -0.25) is 52.9 Å². The maximum Gasteiger partial charge on any atom is 0.327 e. The first-order valence-corrected chi connectivity index (χ1v) is 38.8. The van der Waals surface area contributed by atoms with Gasteiger partial charge in [0.05, 0.1) is 91.3 Å². The topological polar surface area (TPSA) is 484 Å². The number of pyridine rings is 1. The van der Waals surface area contributed by atoms with Crippen molar-refractivity contribution in [2.75, 3.05) is 150 Å². The van der Waals surface area contributed by atoms with Crippen LogP contribution in [0.1, 0.15) is 94.7 Å². The lowest BCUT2D eigenvalue weighted by Gasteiger charge is -2.34. The number of amides is 9. The number of hydrogen-bond donors (Lipinski definition) is 14. The summed E-state index contributed by atoms with van der Waals surface area (Å²) in [5.74, 6) is -8.78. The van der Waals surface area contributed by atoms with Crippen molar-refractivity contribution in [3.8, 4) is 0 Å². The molecule has 9 amide bonds. The molecule has 0 unspecified atom stereocenters. The van der Waals surface area contributed by atoms with Gasteiger partial charge in [-0.25, -0.2) is 4.79 Å². The Bertz CT molecular complexity index is 3020. The Morgan fingerprint density at radius 1 is 0.642 bits per heavy atom. The number of hydrogen-bond acceptors (Lipinski definition) is 25. The molecule has 2 fully saturated rings. The third kappa shape index (κ3) is 33.9. The van der Waals surface area contributed by atoms with Crippen molar-refractivity contribution in [1.82, 2.24) is 62.6 Å². The number of nitrogens with zero attached hydrogens (tertiary/aromatic N) is 3. The van der Waals surface area contributed by atoms with E-state index in [9.17, 15) is 63.3 Å². The molecule has 1 aromatic heterocycles. The molecular formula is C70H112N14O20S2. The Morgan fingerprint density at radius 3 is 1.75 bits per heavy atom. The van der Waals surface area contributed by atoms with Gasteiger partial charge in [0.1, 0.15) is 48.3 Å². The number of benzene rings is 1. The number of thioether (sulfide) groups is 2. The van der Waals surface area contributed by atoms with Crippen molar-refractivity contribution in [2.24, 2.45) is 17.4 Å². The molecule has 5 rings (SSSR count). The Morgan fingerprint density at radius 2 is 1.19 bits per heavy atom. The van der Waals surface area contributed by atoms with Gasteiger partial charge in [0.15, 0.2) is 0 Å². The fourth-order valence-corrected chi connectivity index (χ4v) is 13.6. The Labute approximate surface area is 627 Å². The summed E-state index contributed by atoms with van der Waals surface area (Å²) in [6.45, 7) is 10.5. The molecule has 9 atom stereocenters. The van der Waals surface area contributed by atoms with Crippen molar-refractivity contribution in [3.05, 3.63) is 65.5 Å². The van der Waals surface area contributed by atoms with Crippen LogP contribution in [-0.4, -0.2) is 299 Å². The van der Waals surface area contributed by atoms with Crippen LogP contribution >= 0.6 is 23.5 Å². The highest BCUT2D eigenvalue weighted by atomic mass is 32.2. The molecule has 594 valence electrons. The zero-order valence-electron chi connectivity index (χ0n) is 60.9. The summed E-state index contributed by atoms with van der Waals surface area (Å²) in [6.07, 6.45) is 2.75. The third-order valence-electron chi connectivity index (χ3n) is 17.3. The zero-order chi connectivity index (χ0) is 76.9. The molecule has 2 aromatic rings. The zero-order valence-corrected chi connectivity index (χ0v) is 62.6. The SMILES string of the molecule is CCCC[C@H](NC(=O)CCOCCOCCOCCOCCOCCOCCNC(=O)C(CNCCN)CNCCN)C(=O)N[C@H]1CSCc2cncc(c2)CSC[C@@H](C(=O)O)NC(=O)[C@H](Cc2ccccc2)NC(=O)[C@H](CCC(=O)O)NC(=O)[C@H]([C@@H](C)O)NC(=O)[C@@H]2CCCN2C(=O)[C@@H]2CCCN2C1=O. The Hall–Kier alpha value is -7.20. The summed E-state index contributed by atoms with van der Waals surface area (Å²) >= 11 is 2.47. The maximum absolute atomic E-state index is 15.0. The van der Waals surface area contributed by atoms with E-state index >= 15 is 4.79 Å². The number of aromatic nitrogens is 1. The highest BCUT2D eigenvalue weighted by Crippen LogP contribution is 2.27. The van der Waals surface area contributed by atoms with Crippen LogP contribution < -0.4 is 59.3 Å². The van der Waals surface area contributed by atoms with E-state index < -0.39 is 126 Å². The molecule has 16 N–H and O–H groups in total. The van der Waals surface area contributed by atoms with E-state index in [4.69, 9.17) is 39.9 Å². The van der Waals surface area contributed by atoms with Crippen molar-refractivity contribution in [3.63, 3.8) is 0 Å². The molecular weight excluding hydrogens is 1420 g/mol. The van der Waals surface area contributed by atoms with E-state index in [1.807, 2.05) is 13.0 Å². The predicted molar refractivity (Wildman–Crippen MR) is 393 cm³/mol. The lowest BCUT2D eigenvalue weighted by molar-refractivity contribution is -0.148. The second-order valence-corrected chi connectivity index (χ2v) is 27.8. The normalized spacial score (nSPS) is 20.9. The predicted octanol–water partition coefficient (Wildman–Crippen LogP) is -2.47. The molecule has 2 bridgehead atoms. The Balaban J connectivity index is 1.16. The molecule has 4 heterocycles. The van der Waals surface area contributed by atoms with Crippen molar-refractivity contribution >= 4 is 88.6 Å². The standard InChI is InChI=1S/C70H112N14O20S2/c1-3-4-12-52(77-59(86)17-25-99-27-29-101-31-33-103-35-36-104-34-32-102-30-28-100-26-22-76-62(89)51(41-73-20-18-71)42-74-21-19-72)63(90)80-55-45-105-43-49-37-50(40-75-39-49)44-106-46-56(70(97)98)81-65(92)54(38-48-10-6-5-7-11-48)79-64(91)53(15-16-60(87)88)78-67(94)61(47(2)85)82-66(93)57-13-8-23-83(57)69(96)58-14-9-24-84(58)68(55)95/h5-7,10-11,37,39-40,47,51-58,61,73-74,85H,3-4,8-9,12-36,38,41-46,71-72H2,1-2H3,(H,76,89)(H,77,86)(H,78,94)(H,79,91)(H,80,90)(H,81,92)(H,82,93)(H,87,88)(H,97,98)/t47-,52+,53+,54+,55+,56+,57+,58+,61+/m1/s1. The molecule has 106 heavy (non-hydrogen) atoms. The number of nitrogens with two attached hydrogens (primary N) is 2. The monoisotopic (exact) mass is 1530 g/mol. The number of rotatable bonds is 43. The maximum atomic E-state index is 15.0. The molecule has 1 aromatic carbocycles. The number of unbranched alkanes of at least 4 members (excludes halogenated alkanes) is 1. The van der Waals surface area contributed by atoms with Crippen LogP contribution in [0.3, 0.4) is 0 Å². The Kier molecular flexibility index (Phi) is 43.8. The van der Waals surface area contributed by atoms with Gasteiger partial charge in [-0.15, -0.1) is 0 Å². The molecule has 0 aliphatic carbocycles. The first kappa shape index (κ1) is 89.4. The number of aliphatic carboxylic acids is 2. The average Bonchev–Trinajstić information content (AvgIpc) is 1.63. The highest BCUT2D eigenvalue weighted by Gasteiger charge is 2.45. The smallest absolute Gasteiger partial charge is 0.327 e.